The molecule has 4 aromatic rings. The van der Waals surface area contributed by atoms with Gasteiger partial charge in [0.1, 0.15) is 11.3 Å². The molecule has 140 valence electrons. The first-order valence-corrected chi connectivity index (χ1v) is 8.97. The predicted octanol–water partition coefficient (Wildman–Crippen LogP) is 4.93. The summed E-state index contributed by atoms with van der Waals surface area (Å²) in [5, 5.41) is 2.89. The van der Waals surface area contributed by atoms with Gasteiger partial charge in [0.15, 0.2) is 5.58 Å². The summed E-state index contributed by atoms with van der Waals surface area (Å²) < 4.78 is 11.4. The summed E-state index contributed by atoms with van der Waals surface area (Å²) in [4.78, 5) is 21.0. The third kappa shape index (κ3) is 3.86. The van der Waals surface area contributed by atoms with Crippen LogP contribution in [0, 0.1) is 0 Å². The molecular weight excluding hydrogens is 354 g/mol. The average Bonchev–Trinajstić information content (AvgIpc) is 3.12. The van der Waals surface area contributed by atoms with E-state index in [0.717, 1.165) is 11.3 Å². The lowest BCUT2D eigenvalue weighted by Crippen LogP contribution is -2.12. The van der Waals surface area contributed by atoms with Crippen LogP contribution in [0.3, 0.4) is 0 Å². The summed E-state index contributed by atoms with van der Waals surface area (Å²) in [7, 11) is 0. The number of hydrogen-bond donors (Lipinski definition) is 1. The van der Waals surface area contributed by atoms with E-state index in [-0.39, 0.29) is 12.0 Å². The van der Waals surface area contributed by atoms with Crippen molar-refractivity contribution in [3.8, 4) is 17.2 Å². The molecule has 6 heteroatoms. The van der Waals surface area contributed by atoms with E-state index in [4.69, 9.17) is 9.15 Å². The zero-order valence-electron chi connectivity index (χ0n) is 15.5. The fourth-order valence-electron chi connectivity index (χ4n) is 2.78. The molecule has 6 nitrogen and oxygen atoms in total. The van der Waals surface area contributed by atoms with Gasteiger partial charge in [-0.2, -0.15) is 0 Å². The van der Waals surface area contributed by atoms with E-state index in [9.17, 15) is 4.79 Å². The second-order valence-electron chi connectivity index (χ2n) is 6.58. The van der Waals surface area contributed by atoms with Crippen molar-refractivity contribution in [2.24, 2.45) is 0 Å². The van der Waals surface area contributed by atoms with E-state index in [1.807, 2.05) is 26.0 Å². The zero-order chi connectivity index (χ0) is 19.5. The summed E-state index contributed by atoms with van der Waals surface area (Å²) in [6, 6.07) is 16.1. The summed E-state index contributed by atoms with van der Waals surface area (Å²) in [5.74, 6) is 1.05. The van der Waals surface area contributed by atoms with E-state index >= 15 is 0 Å². The fourth-order valence-corrected chi connectivity index (χ4v) is 2.78. The molecule has 0 radical (unpaired) electrons. The molecule has 0 atom stereocenters. The van der Waals surface area contributed by atoms with Gasteiger partial charge in [0.25, 0.3) is 5.91 Å². The van der Waals surface area contributed by atoms with Crippen LogP contribution in [0.2, 0.25) is 0 Å². The zero-order valence-corrected chi connectivity index (χ0v) is 15.5. The lowest BCUT2D eigenvalue weighted by atomic mass is 10.2. The third-order valence-corrected chi connectivity index (χ3v) is 4.06. The molecule has 4 rings (SSSR count). The number of anilines is 1. The van der Waals surface area contributed by atoms with Gasteiger partial charge in [-0.3, -0.25) is 9.78 Å². The van der Waals surface area contributed by atoms with Crippen LogP contribution in [0.5, 0.6) is 5.75 Å². The number of benzene rings is 2. The monoisotopic (exact) mass is 373 g/mol. The highest BCUT2D eigenvalue weighted by Gasteiger charge is 2.11. The van der Waals surface area contributed by atoms with Crippen molar-refractivity contribution in [1.29, 1.82) is 0 Å². The minimum absolute atomic E-state index is 0.0888. The molecule has 0 aliphatic rings. The average molecular weight is 373 g/mol. The number of carbonyl (C=O) groups excluding carboxylic acids is 1. The molecule has 2 heterocycles. The Hall–Kier alpha value is -3.67. The maximum atomic E-state index is 12.5. The van der Waals surface area contributed by atoms with Crippen LogP contribution in [-0.2, 0) is 0 Å². The van der Waals surface area contributed by atoms with Crippen molar-refractivity contribution in [2.45, 2.75) is 20.0 Å². The summed E-state index contributed by atoms with van der Waals surface area (Å²) in [6.45, 7) is 3.92. The van der Waals surface area contributed by atoms with Gasteiger partial charge in [-0.25, -0.2) is 4.98 Å². The van der Waals surface area contributed by atoms with Crippen molar-refractivity contribution in [1.82, 2.24) is 9.97 Å². The maximum absolute atomic E-state index is 12.5. The van der Waals surface area contributed by atoms with Gasteiger partial charge in [-0.15, -0.1) is 0 Å². The van der Waals surface area contributed by atoms with E-state index in [2.05, 4.69) is 15.3 Å². The highest BCUT2D eigenvalue weighted by molar-refractivity contribution is 6.05. The van der Waals surface area contributed by atoms with Gasteiger partial charge >= 0.3 is 0 Å². The van der Waals surface area contributed by atoms with Crippen LogP contribution in [-0.4, -0.2) is 22.0 Å². The Morgan fingerprint density at radius 3 is 2.50 bits per heavy atom. The molecular formula is C22H19N3O3. The van der Waals surface area contributed by atoms with E-state index in [1.54, 1.807) is 54.9 Å². The molecule has 0 aliphatic heterocycles. The Bertz CT molecular complexity index is 1100. The Kier molecular flexibility index (Phi) is 4.76. The van der Waals surface area contributed by atoms with Crippen LogP contribution < -0.4 is 10.1 Å². The number of aromatic nitrogens is 2. The third-order valence-electron chi connectivity index (χ3n) is 4.06. The predicted molar refractivity (Wildman–Crippen MR) is 107 cm³/mol. The molecule has 0 fully saturated rings. The minimum Gasteiger partial charge on any atom is -0.491 e. The molecule has 0 saturated carbocycles. The molecule has 0 unspecified atom stereocenters. The number of amides is 1. The SMILES string of the molecule is CC(C)Oc1ccc(C(=O)Nc2ccc3oc(-c4ccncc4)nc3c2)cc1. The highest BCUT2D eigenvalue weighted by atomic mass is 16.5. The first kappa shape index (κ1) is 17.7. The number of hydrogen-bond acceptors (Lipinski definition) is 5. The number of fused-ring (bicyclic) bond motifs is 1. The lowest BCUT2D eigenvalue weighted by Gasteiger charge is -2.10. The molecule has 0 saturated heterocycles. The van der Waals surface area contributed by atoms with Crippen LogP contribution in [0.1, 0.15) is 24.2 Å². The molecule has 2 aromatic carbocycles. The van der Waals surface area contributed by atoms with Crippen molar-refractivity contribution in [2.75, 3.05) is 5.32 Å². The van der Waals surface area contributed by atoms with E-state index in [1.165, 1.54) is 0 Å². The molecule has 1 N–H and O–H groups in total. The number of carbonyl (C=O) groups is 1. The van der Waals surface area contributed by atoms with E-state index in [0.29, 0.717) is 28.2 Å². The second kappa shape index (κ2) is 7.52. The molecule has 0 bridgehead atoms. The van der Waals surface area contributed by atoms with Crippen molar-refractivity contribution >= 4 is 22.7 Å². The quantitative estimate of drug-likeness (QED) is 0.537. The number of nitrogens with one attached hydrogen (secondary N) is 1. The minimum atomic E-state index is -0.201. The van der Waals surface area contributed by atoms with Crippen LogP contribution >= 0.6 is 0 Å². The second-order valence-corrected chi connectivity index (χ2v) is 6.58. The number of rotatable bonds is 5. The first-order chi connectivity index (χ1) is 13.6. The Labute approximate surface area is 162 Å². The van der Waals surface area contributed by atoms with Gasteiger partial charge in [0.05, 0.1) is 6.10 Å². The largest absolute Gasteiger partial charge is 0.491 e. The standard InChI is InChI=1S/C22H19N3O3/c1-14(2)27-18-6-3-15(4-7-18)21(26)24-17-5-8-20-19(13-17)25-22(28-20)16-9-11-23-12-10-16/h3-14H,1-2H3,(H,24,26). The Balaban J connectivity index is 1.52. The molecule has 28 heavy (non-hydrogen) atoms. The molecule has 0 spiro atoms. The summed E-state index contributed by atoms with van der Waals surface area (Å²) in [5.41, 5.74) is 3.37. The van der Waals surface area contributed by atoms with Crippen molar-refractivity contribution < 1.29 is 13.9 Å². The number of oxazole rings is 1. The van der Waals surface area contributed by atoms with Crippen molar-refractivity contribution in [3.63, 3.8) is 0 Å². The first-order valence-electron chi connectivity index (χ1n) is 8.97. The number of pyridine rings is 1. The number of ether oxygens (including phenoxy) is 1. The van der Waals surface area contributed by atoms with Crippen LogP contribution in [0.4, 0.5) is 5.69 Å². The fraction of sp³-hybridized carbons (Fsp3) is 0.136. The summed E-state index contributed by atoms with van der Waals surface area (Å²) in [6.07, 6.45) is 3.46. The van der Waals surface area contributed by atoms with Crippen LogP contribution in [0.25, 0.3) is 22.6 Å². The molecule has 0 aliphatic carbocycles. The smallest absolute Gasteiger partial charge is 0.255 e. The maximum Gasteiger partial charge on any atom is 0.255 e. The van der Waals surface area contributed by atoms with Gasteiger partial charge in [0.2, 0.25) is 5.89 Å². The van der Waals surface area contributed by atoms with Gasteiger partial charge in [0, 0.05) is 29.2 Å². The topological polar surface area (TPSA) is 77.2 Å². The Morgan fingerprint density at radius 1 is 1.04 bits per heavy atom. The van der Waals surface area contributed by atoms with Gasteiger partial charge in [-0.05, 0) is 68.4 Å². The number of nitrogens with zero attached hydrogens (tertiary/aromatic N) is 2. The van der Waals surface area contributed by atoms with Gasteiger partial charge in [-0.1, -0.05) is 0 Å². The molecule has 1 amide bonds. The Morgan fingerprint density at radius 2 is 1.79 bits per heavy atom. The van der Waals surface area contributed by atoms with E-state index < -0.39 is 0 Å². The van der Waals surface area contributed by atoms with Crippen molar-refractivity contribution in [3.05, 3.63) is 72.6 Å². The molecule has 2 aromatic heterocycles. The summed E-state index contributed by atoms with van der Waals surface area (Å²) >= 11 is 0. The normalized spacial score (nSPS) is 11.0. The van der Waals surface area contributed by atoms with Crippen LogP contribution in [0.15, 0.2) is 71.4 Å². The lowest BCUT2D eigenvalue weighted by molar-refractivity contribution is 0.102. The van der Waals surface area contributed by atoms with Gasteiger partial charge < -0.3 is 14.5 Å². The highest BCUT2D eigenvalue weighted by Crippen LogP contribution is 2.26.